The van der Waals surface area contributed by atoms with Gasteiger partial charge in [-0.05, 0) is 52.9 Å². The molecule has 1 aliphatic heterocycles. The summed E-state index contributed by atoms with van der Waals surface area (Å²) in [6.07, 6.45) is 5.73. The zero-order chi connectivity index (χ0) is 14.1. The minimum atomic E-state index is 0.793. The number of rotatable bonds is 3. The van der Waals surface area contributed by atoms with Gasteiger partial charge >= 0.3 is 0 Å². The Hall–Kier alpha value is -1.29. The molecule has 3 rings (SSSR count). The molecule has 1 aliphatic rings. The molecule has 0 aliphatic carbocycles. The Morgan fingerprint density at radius 3 is 3.10 bits per heavy atom. The second-order valence-corrected chi connectivity index (χ2v) is 6.53. The van der Waals surface area contributed by atoms with E-state index in [2.05, 4.69) is 44.9 Å². The minimum Gasteiger partial charge on any atom is -0.398 e. The molecular weight excluding hydrogens is 314 g/mol. The predicted octanol–water partition coefficient (Wildman–Crippen LogP) is 4.21. The smallest absolute Gasteiger partial charge is 0.0956 e. The van der Waals surface area contributed by atoms with E-state index in [0.717, 1.165) is 40.1 Å². The predicted molar refractivity (Wildman–Crippen MR) is 89.1 cm³/mol. The number of aromatic nitrogens is 1. The van der Waals surface area contributed by atoms with Crippen LogP contribution >= 0.6 is 15.9 Å². The number of hydrogen-bond donors (Lipinski definition) is 1. The number of nitrogens with two attached hydrogens (primary N) is 1. The van der Waals surface area contributed by atoms with Gasteiger partial charge in [0, 0.05) is 34.8 Å². The Bertz CT molecular complexity index is 626. The lowest BCUT2D eigenvalue weighted by atomic mass is 10.0. The molecule has 2 aromatic rings. The summed E-state index contributed by atoms with van der Waals surface area (Å²) in [5.41, 5.74) is 9.12. The second kappa shape index (κ2) is 5.60. The first kappa shape index (κ1) is 13.7. The van der Waals surface area contributed by atoms with Crippen LogP contribution in [0.1, 0.15) is 26.2 Å². The highest BCUT2D eigenvalue weighted by molar-refractivity contribution is 9.10. The molecule has 1 unspecified atom stereocenters. The standard InChI is InChI=1S/C16H20BrN3/c1-2-3-11-6-7-20(10-11)15-5-4-14(18)13-8-12(17)9-19-16(13)15/h4-5,8-9,11H,2-3,6-7,10,18H2,1H3. The molecule has 0 spiro atoms. The van der Waals surface area contributed by atoms with E-state index in [1.165, 1.54) is 24.9 Å². The first-order chi connectivity index (χ1) is 9.69. The van der Waals surface area contributed by atoms with Gasteiger partial charge in [0.05, 0.1) is 11.2 Å². The molecule has 1 aromatic carbocycles. The van der Waals surface area contributed by atoms with E-state index in [1.807, 2.05) is 12.3 Å². The van der Waals surface area contributed by atoms with Crippen LogP contribution in [-0.2, 0) is 0 Å². The Balaban J connectivity index is 1.98. The number of hydrogen-bond acceptors (Lipinski definition) is 3. The quantitative estimate of drug-likeness (QED) is 0.855. The molecule has 1 saturated heterocycles. The maximum Gasteiger partial charge on any atom is 0.0956 e. The normalized spacial score (nSPS) is 18.9. The molecule has 3 nitrogen and oxygen atoms in total. The van der Waals surface area contributed by atoms with Crippen molar-refractivity contribution in [1.29, 1.82) is 0 Å². The van der Waals surface area contributed by atoms with Gasteiger partial charge in [-0.2, -0.15) is 0 Å². The maximum atomic E-state index is 6.09. The van der Waals surface area contributed by atoms with Gasteiger partial charge in [0.25, 0.3) is 0 Å². The molecule has 2 N–H and O–H groups in total. The molecule has 1 atom stereocenters. The number of fused-ring (bicyclic) bond motifs is 1. The summed E-state index contributed by atoms with van der Waals surface area (Å²) in [6, 6.07) is 6.17. The third-order valence-electron chi connectivity index (χ3n) is 4.15. The second-order valence-electron chi connectivity index (χ2n) is 5.61. The number of pyridine rings is 1. The summed E-state index contributed by atoms with van der Waals surface area (Å²) in [7, 11) is 0. The summed E-state index contributed by atoms with van der Waals surface area (Å²) < 4.78 is 0.971. The fraction of sp³-hybridized carbons (Fsp3) is 0.438. The summed E-state index contributed by atoms with van der Waals surface area (Å²) in [6.45, 7) is 4.53. The summed E-state index contributed by atoms with van der Waals surface area (Å²) >= 11 is 3.47. The van der Waals surface area contributed by atoms with Gasteiger partial charge in [-0.15, -0.1) is 0 Å². The Morgan fingerprint density at radius 1 is 1.45 bits per heavy atom. The van der Waals surface area contributed by atoms with Crippen LogP contribution in [-0.4, -0.2) is 18.1 Å². The van der Waals surface area contributed by atoms with E-state index >= 15 is 0 Å². The van der Waals surface area contributed by atoms with Gasteiger partial charge in [0.1, 0.15) is 0 Å². The van der Waals surface area contributed by atoms with Crippen molar-refractivity contribution in [3.05, 3.63) is 28.9 Å². The fourth-order valence-electron chi connectivity index (χ4n) is 3.15. The van der Waals surface area contributed by atoms with Crippen LogP contribution in [0, 0.1) is 5.92 Å². The monoisotopic (exact) mass is 333 g/mol. The van der Waals surface area contributed by atoms with E-state index in [1.54, 1.807) is 0 Å². The highest BCUT2D eigenvalue weighted by Crippen LogP contribution is 2.34. The fourth-order valence-corrected chi connectivity index (χ4v) is 3.48. The van der Waals surface area contributed by atoms with Crippen molar-refractivity contribution in [2.45, 2.75) is 26.2 Å². The van der Waals surface area contributed by atoms with Crippen molar-refractivity contribution < 1.29 is 0 Å². The van der Waals surface area contributed by atoms with Crippen LogP contribution in [0.15, 0.2) is 28.9 Å². The summed E-state index contributed by atoms with van der Waals surface area (Å²) in [4.78, 5) is 7.05. The van der Waals surface area contributed by atoms with Crippen molar-refractivity contribution >= 4 is 38.2 Å². The van der Waals surface area contributed by atoms with Crippen LogP contribution in [0.25, 0.3) is 10.9 Å². The van der Waals surface area contributed by atoms with E-state index in [0.29, 0.717) is 0 Å². The molecule has 0 radical (unpaired) electrons. The Labute approximate surface area is 128 Å². The molecule has 0 bridgehead atoms. The average Bonchev–Trinajstić information content (AvgIpc) is 2.89. The lowest BCUT2D eigenvalue weighted by Gasteiger charge is -2.21. The SMILES string of the molecule is CCCC1CCN(c2ccc(N)c3cc(Br)cnc23)C1. The van der Waals surface area contributed by atoms with Crippen LogP contribution in [0.5, 0.6) is 0 Å². The average molecular weight is 334 g/mol. The zero-order valence-electron chi connectivity index (χ0n) is 11.8. The Morgan fingerprint density at radius 2 is 2.30 bits per heavy atom. The number of halogens is 1. The third-order valence-corrected chi connectivity index (χ3v) is 4.59. The van der Waals surface area contributed by atoms with E-state index in [9.17, 15) is 0 Å². The van der Waals surface area contributed by atoms with Crippen molar-refractivity contribution in [3.8, 4) is 0 Å². The lowest BCUT2D eigenvalue weighted by Crippen LogP contribution is -2.20. The zero-order valence-corrected chi connectivity index (χ0v) is 13.4. The highest BCUT2D eigenvalue weighted by Gasteiger charge is 2.23. The van der Waals surface area contributed by atoms with Crippen molar-refractivity contribution in [2.24, 2.45) is 5.92 Å². The van der Waals surface area contributed by atoms with E-state index in [4.69, 9.17) is 5.73 Å². The van der Waals surface area contributed by atoms with Gasteiger partial charge in [-0.25, -0.2) is 0 Å². The van der Waals surface area contributed by atoms with Crippen LogP contribution in [0.3, 0.4) is 0 Å². The van der Waals surface area contributed by atoms with Gasteiger partial charge in [-0.1, -0.05) is 13.3 Å². The first-order valence-electron chi connectivity index (χ1n) is 7.27. The molecule has 2 heterocycles. The number of nitrogen functional groups attached to an aromatic ring is 1. The molecule has 0 saturated carbocycles. The van der Waals surface area contributed by atoms with Gasteiger partial charge in [0.15, 0.2) is 0 Å². The largest absolute Gasteiger partial charge is 0.398 e. The number of nitrogens with zero attached hydrogens (tertiary/aromatic N) is 2. The van der Waals surface area contributed by atoms with Crippen molar-refractivity contribution in [3.63, 3.8) is 0 Å². The molecule has 106 valence electrons. The van der Waals surface area contributed by atoms with E-state index < -0.39 is 0 Å². The minimum absolute atomic E-state index is 0.793. The molecule has 1 aromatic heterocycles. The third kappa shape index (κ3) is 2.49. The molecular formula is C16H20BrN3. The van der Waals surface area contributed by atoms with Gasteiger partial charge in [0.2, 0.25) is 0 Å². The van der Waals surface area contributed by atoms with Crippen LogP contribution in [0.2, 0.25) is 0 Å². The van der Waals surface area contributed by atoms with Crippen molar-refractivity contribution in [1.82, 2.24) is 4.98 Å². The molecule has 0 amide bonds. The van der Waals surface area contributed by atoms with E-state index in [-0.39, 0.29) is 0 Å². The topological polar surface area (TPSA) is 42.1 Å². The lowest BCUT2D eigenvalue weighted by molar-refractivity contribution is 0.530. The van der Waals surface area contributed by atoms with Crippen LogP contribution < -0.4 is 10.6 Å². The van der Waals surface area contributed by atoms with Gasteiger partial charge < -0.3 is 10.6 Å². The molecule has 20 heavy (non-hydrogen) atoms. The Kier molecular flexibility index (Phi) is 3.83. The molecule has 4 heteroatoms. The maximum absolute atomic E-state index is 6.09. The van der Waals surface area contributed by atoms with Crippen molar-refractivity contribution in [2.75, 3.05) is 23.7 Å². The highest BCUT2D eigenvalue weighted by atomic mass is 79.9. The molecule has 1 fully saturated rings. The van der Waals surface area contributed by atoms with Crippen LogP contribution in [0.4, 0.5) is 11.4 Å². The first-order valence-corrected chi connectivity index (χ1v) is 8.07. The summed E-state index contributed by atoms with van der Waals surface area (Å²) in [5.74, 6) is 0.822. The number of benzene rings is 1. The summed E-state index contributed by atoms with van der Waals surface area (Å²) in [5, 5.41) is 1.04. The van der Waals surface area contributed by atoms with Gasteiger partial charge in [-0.3, -0.25) is 4.98 Å². The number of anilines is 2.